The SMILES string of the molecule is C#CC(CCC)NCC(=O)NCCCOC. The highest BCUT2D eigenvalue weighted by atomic mass is 16.5. The second-order valence-electron chi connectivity index (χ2n) is 3.59. The van der Waals surface area contributed by atoms with E-state index in [4.69, 9.17) is 11.2 Å². The molecule has 0 radical (unpaired) electrons. The molecule has 16 heavy (non-hydrogen) atoms. The zero-order valence-electron chi connectivity index (χ0n) is 10.2. The second-order valence-corrected chi connectivity index (χ2v) is 3.59. The first-order valence-corrected chi connectivity index (χ1v) is 5.69. The Hall–Kier alpha value is -1.05. The van der Waals surface area contributed by atoms with E-state index in [0.29, 0.717) is 13.2 Å². The third-order valence-electron chi connectivity index (χ3n) is 2.13. The van der Waals surface area contributed by atoms with E-state index >= 15 is 0 Å². The molecule has 0 aromatic rings. The van der Waals surface area contributed by atoms with Crippen LogP contribution in [0.15, 0.2) is 0 Å². The quantitative estimate of drug-likeness (QED) is 0.445. The molecule has 1 atom stereocenters. The molecule has 0 saturated heterocycles. The number of terminal acetylenes is 1. The van der Waals surface area contributed by atoms with Gasteiger partial charge in [-0.05, 0) is 12.8 Å². The minimum atomic E-state index is -0.0209. The summed E-state index contributed by atoms with van der Waals surface area (Å²) >= 11 is 0. The lowest BCUT2D eigenvalue weighted by atomic mass is 10.2. The molecule has 0 heterocycles. The minimum absolute atomic E-state index is 0.00488. The lowest BCUT2D eigenvalue weighted by Crippen LogP contribution is -2.39. The topological polar surface area (TPSA) is 50.4 Å². The van der Waals surface area contributed by atoms with Crippen molar-refractivity contribution in [3.63, 3.8) is 0 Å². The molecule has 4 heteroatoms. The number of hydrogen-bond acceptors (Lipinski definition) is 3. The molecule has 1 amide bonds. The first-order chi connectivity index (χ1) is 7.74. The van der Waals surface area contributed by atoms with Crippen molar-refractivity contribution in [3.05, 3.63) is 0 Å². The predicted molar refractivity (Wildman–Crippen MR) is 65.0 cm³/mol. The molecule has 0 aliphatic carbocycles. The summed E-state index contributed by atoms with van der Waals surface area (Å²) in [6.07, 6.45) is 8.06. The molecule has 2 N–H and O–H groups in total. The van der Waals surface area contributed by atoms with Crippen LogP contribution < -0.4 is 10.6 Å². The molecule has 0 aliphatic heterocycles. The summed E-state index contributed by atoms with van der Waals surface area (Å²) in [5.41, 5.74) is 0. The van der Waals surface area contributed by atoms with Gasteiger partial charge < -0.3 is 10.1 Å². The van der Waals surface area contributed by atoms with E-state index in [1.54, 1.807) is 7.11 Å². The molecule has 0 aliphatic rings. The Kier molecular flexibility index (Phi) is 9.78. The summed E-state index contributed by atoms with van der Waals surface area (Å²) in [5.74, 6) is 2.60. The van der Waals surface area contributed by atoms with Crippen LogP contribution in [0.2, 0.25) is 0 Å². The Bertz CT molecular complexity index is 224. The van der Waals surface area contributed by atoms with Crippen LogP contribution in [-0.4, -0.2) is 38.8 Å². The molecule has 92 valence electrons. The van der Waals surface area contributed by atoms with Crippen molar-refractivity contribution < 1.29 is 9.53 Å². The molecule has 0 bridgehead atoms. The van der Waals surface area contributed by atoms with Gasteiger partial charge in [0.25, 0.3) is 0 Å². The van der Waals surface area contributed by atoms with Crippen molar-refractivity contribution in [2.75, 3.05) is 26.8 Å². The van der Waals surface area contributed by atoms with Gasteiger partial charge in [0.05, 0.1) is 12.6 Å². The summed E-state index contributed by atoms with van der Waals surface area (Å²) in [6.45, 7) is 3.65. The summed E-state index contributed by atoms with van der Waals surface area (Å²) in [4.78, 5) is 11.3. The summed E-state index contributed by atoms with van der Waals surface area (Å²) in [7, 11) is 1.64. The van der Waals surface area contributed by atoms with E-state index in [2.05, 4.69) is 23.5 Å². The van der Waals surface area contributed by atoms with E-state index in [1.807, 2.05) is 0 Å². The highest BCUT2D eigenvalue weighted by Gasteiger charge is 2.05. The Morgan fingerprint density at radius 2 is 2.31 bits per heavy atom. The van der Waals surface area contributed by atoms with Crippen LogP contribution in [-0.2, 0) is 9.53 Å². The second kappa shape index (κ2) is 10.5. The normalized spacial score (nSPS) is 11.8. The fraction of sp³-hybridized carbons (Fsp3) is 0.750. The number of carbonyl (C=O) groups is 1. The maximum Gasteiger partial charge on any atom is 0.233 e. The van der Waals surface area contributed by atoms with Gasteiger partial charge in [-0.15, -0.1) is 6.42 Å². The van der Waals surface area contributed by atoms with Crippen LogP contribution >= 0.6 is 0 Å². The lowest BCUT2D eigenvalue weighted by Gasteiger charge is -2.11. The van der Waals surface area contributed by atoms with Crippen molar-refractivity contribution in [3.8, 4) is 12.3 Å². The molecular formula is C12H22N2O2. The van der Waals surface area contributed by atoms with Crippen molar-refractivity contribution in [2.24, 2.45) is 0 Å². The van der Waals surface area contributed by atoms with Gasteiger partial charge in [-0.25, -0.2) is 0 Å². The largest absolute Gasteiger partial charge is 0.385 e. The molecule has 0 saturated carbocycles. The molecule has 0 rings (SSSR count). The van der Waals surface area contributed by atoms with Crippen LogP contribution in [0.4, 0.5) is 0 Å². The Morgan fingerprint density at radius 3 is 2.88 bits per heavy atom. The number of nitrogens with one attached hydrogen (secondary N) is 2. The van der Waals surface area contributed by atoms with Gasteiger partial charge in [-0.1, -0.05) is 19.3 Å². The van der Waals surface area contributed by atoms with Gasteiger partial charge in [0.15, 0.2) is 0 Å². The minimum Gasteiger partial charge on any atom is -0.385 e. The Morgan fingerprint density at radius 1 is 1.56 bits per heavy atom. The van der Waals surface area contributed by atoms with Gasteiger partial charge in [-0.3, -0.25) is 10.1 Å². The van der Waals surface area contributed by atoms with Crippen LogP contribution in [0.1, 0.15) is 26.2 Å². The van der Waals surface area contributed by atoms with Gasteiger partial charge in [-0.2, -0.15) is 0 Å². The number of methoxy groups -OCH3 is 1. The van der Waals surface area contributed by atoms with Gasteiger partial charge in [0.1, 0.15) is 0 Å². The highest BCUT2D eigenvalue weighted by Crippen LogP contribution is 1.93. The summed E-state index contributed by atoms with van der Waals surface area (Å²) < 4.78 is 4.88. The smallest absolute Gasteiger partial charge is 0.233 e. The zero-order valence-corrected chi connectivity index (χ0v) is 10.2. The Balaban J connectivity index is 3.52. The molecule has 0 aromatic heterocycles. The van der Waals surface area contributed by atoms with Gasteiger partial charge in [0, 0.05) is 20.3 Å². The molecule has 0 aromatic carbocycles. The van der Waals surface area contributed by atoms with Crippen molar-refractivity contribution in [2.45, 2.75) is 32.2 Å². The van der Waals surface area contributed by atoms with Gasteiger partial charge >= 0.3 is 0 Å². The average molecular weight is 226 g/mol. The maximum atomic E-state index is 11.3. The number of ether oxygens (including phenoxy) is 1. The molecule has 0 fully saturated rings. The van der Waals surface area contributed by atoms with Crippen molar-refractivity contribution in [1.82, 2.24) is 10.6 Å². The molecular weight excluding hydrogens is 204 g/mol. The van der Waals surface area contributed by atoms with E-state index in [-0.39, 0.29) is 18.5 Å². The Labute approximate surface area is 98.1 Å². The van der Waals surface area contributed by atoms with E-state index in [9.17, 15) is 4.79 Å². The van der Waals surface area contributed by atoms with Crippen LogP contribution in [0.5, 0.6) is 0 Å². The number of carbonyl (C=O) groups excluding carboxylic acids is 1. The first kappa shape index (κ1) is 14.9. The third kappa shape index (κ3) is 8.27. The van der Waals surface area contributed by atoms with Crippen LogP contribution in [0, 0.1) is 12.3 Å². The summed E-state index contributed by atoms with van der Waals surface area (Å²) in [5, 5.41) is 5.82. The number of hydrogen-bond donors (Lipinski definition) is 2. The summed E-state index contributed by atoms with van der Waals surface area (Å²) in [6, 6.07) is -0.00488. The van der Waals surface area contributed by atoms with Crippen LogP contribution in [0.25, 0.3) is 0 Å². The van der Waals surface area contributed by atoms with Crippen LogP contribution in [0.3, 0.4) is 0 Å². The fourth-order valence-electron chi connectivity index (χ4n) is 1.26. The first-order valence-electron chi connectivity index (χ1n) is 5.69. The van der Waals surface area contributed by atoms with E-state index in [0.717, 1.165) is 19.3 Å². The predicted octanol–water partition coefficient (Wildman–Crippen LogP) is 0.531. The molecule has 1 unspecified atom stereocenters. The van der Waals surface area contributed by atoms with E-state index in [1.165, 1.54) is 0 Å². The zero-order chi connectivity index (χ0) is 12.2. The lowest BCUT2D eigenvalue weighted by molar-refractivity contribution is -0.120. The number of rotatable bonds is 9. The average Bonchev–Trinajstić information content (AvgIpc) is 2.30. The van der Waals surface area contributed by atoms with E-state index < -0.39 is 0 Å². The van der Waals surface area contributed by atoms with Gasteiger partial charge in [0.2, 0.25) is 5.91 Å². The third-order valence-corrected chi connectivity index (χ3v) is 2.13. The molecule has 4 nitrogen and oxygen atoms in total. The number of amides is 1. The molecule has 0 spiro atoms. The van der Waals surface area contributed by atoms with Crippen molar-refractivity contribution in [1.29, 1.82) is 0 Å². The standard InChI is InChI=1S/C12H22N2O2/c1-4-7-11(5-2)14-10-12(15)13-8-6-9-16-3/h2,11,14H,4,6-10H2,1,3H3,(H,13,15). The fourth-order valence-corrected chi connectivity index (χ4v) is 1.26. The highest BCUT2D eigenvalue weighted by molar-refractivity contribution is 5.78. The maximum absolute atomic E-state index is 11.3. The monoisotopic (exact) mass is 226 g/mol. The van der Waals surface area contributed by atoms with Crippen molar-refractivity contribution >= 4 is 5.91 Å².